The summed E-state index contributed by atoms with van der Waals surface area (Å²) in [6, 6.07) is 8.38. The van der Waals surface area contributed by atoms with E-state index in [1.54, 1.807) is 0 Å². The lowest BCUT2D eigenvalue weighted by atomic mass is 10.2. The van der Waals surface area contributed by atoms with Gasteiger partial charge in [-0.15, -0.1) is 0 Å². The minimum Gasteiger partial charge on any atom is -0.329 e. The average Bonchev–Trinajstić information content (AvgIpc) is 2.68. The number of para-hydroxylation sites is 1. The van der Waals surface area contributed by atoms with E-state index in [0.717, 1.165) is 31.7 Å². The lowest BCUT2D eigenvalue weighted by Gasteiger charge is -2.19. The molecule has 0 amide bonds. The summed E-state index contributed by atoms with van der Waals surface area (Å²) in [6.07, 6.45) is 1.14. The largest absolute Gasteiger partial charge is 0.329 e. The highest BCUT2D eigenvalue weighted by Gasteiger charge is 2.11. The SMILES string of the molecule is CCCN(CCN)Cc1nn(C)c2ccccc12. The first-order valence-electron chi connectivity index (χ1n) is 6.59. The fraction of sp³-hybridized carbons (Fsp3) is 0.500. The van der Waals surface area contributed by atoms with Crippen LogP contribution >= 0.6 is 0 Å². The Bertz CT molecular complexity index is 497. The zero-order valence-electron chi connectivity index (χ0n) is 11.3. The first-order chi connectivity index (χ1) is 8.76. The molecule has 2 N–H and O–H groups in total. The number of aromatic nitrogens is 2. The molecule has 0 atom stereocenters. The van der Waals surface area contributed by atoms with Crippen molar-refractivity contribution in [2.45, 2.75) is 19.9 Å². The van der Waals surface area contributed by atoms with E-state index in [1.165, 1.54) is 10.9 Å². The van der Waals surface area contributed by atoms with E-state index in [-0.39, 0.29) is 0 Å². The summed E-state index contributed by atoms with van der Waals surface area (Å²) < 4.78 is 1.96. The van der Waals surface area contributed by atoms with Crippen LogP contribution in [0.25, 0.3) is 10.9 Å². The van der Waals surface area contributed by atoms with Gasteiger partial charge in [-0.05, 0) is 19.0 Å². The van der Waals surface area contributed by atoms with Crippen molar-refractivity contribution in [2.75, 3.05) is 19.6 Å². The minimum absolute atomic E-state index is 0.699. The van der Waals surface area contributed by atoms with Gasteiger partial charge in [0, 0.05) is 32.1 Å². The van der Waals surface area contributed by atoms with Gasteiger partial charge in [0.15, 0.2) is 0 Å². The molecule has 18 heavy (non-hydrogen) atoms. The highest BCUT2D eigenvalue weighted by molar-refractivity contribution is 5.81. The monoisotopic (exact) mass is 246 g/mol. The molecule has 4 heteroatoms. The fourth-order valence-electron chi connectivity index (χ4n) is 2.39. The highest BCUT2D eigenvalue weighted by Crippen LogP contribution is 2.18. The number of benzene rings is 1. The number of nitrogens with two attached hydrogens (primary N) is 1. The molecule has 2 rings (SSSR count). The van der Waals surface area contributed by atoms with E-state index in [9.17, 15) is 0 Å². The molecule has 1 heterocycles. The maximum atomic E-state index is 5.66. The zero-order chi connectivity index (χ0) is 13.0. The number of hydrogen-bond acceptors (Lipinski definition) is 3. The summed E-state index contributed by atoms with van der Waals surface area (Å²) >= 11 is 0. The van der Waals surface area contributed by atoms with Crippen LogP contribution in [0, 0.1) is 0 Å². The topological polar surface area (TPSA) is 47.1 Å². The summed E-state index contributed by atoms with van der Waals surface area (Å²) in [5.41, 5.74) is 8.00. The quantitative estimate of drug-likeness (QED) is 0.844. The van der Waals surface area contributed by atoms with Crippen molar-refractivity contribution in [3.05, 3.63) is 30.0 Å². The van der Waals surface area contributed by atoms with E-state index in [2.05, 4.69) is 41.2 Å². The lowest BCUT2D eigenvalue weighted by Crippen LogP contribution is -2.30. The Labute approximate surface area is 108 Å². The van der Waals surface area contributed by atoms with Crippen LogP contribution < -0.4 is 5.73 Å². The van der Waals surface area contributed by atoms with Gasteiger partial charge in [-0.3, -0.25) is 9.58 Å². The van der Waals surface area contributed by atoms with Gasteiger partial charge >= 0.3 is 0 Å². The van der Waals surface area contributed by atoms with Gasteiger partial charge in [0.25, 0.3) is 0 Å². The van der Waals surface area contributed by atoms with Crippen LogP contribution in [0.15, 0.2) is 24.3 Å². The summed E-state index contributed by atoms with van der Waals surface area (Å²) in [5, 5.41) is 5.88. The maximum absolute atomic E-state index is 5.66. The summed E-state index contributed by atoms with van der Waals surface area (Å²) in [7, 11) is 2.00. The van der Waals surface area contributed by atoms with Crippen LogP contribution in [0.4, 0.5) is 0 Å². The normalized spacial score (nSPS) is 11.6. The fourth-order valence-corrected chi connectivity index (χ4v) is 2.39. The summed E-state index contributed by atoms with van der Waals surface area (Å²) in [5.74, 6) is 0. The van der Waals surface area contributed by atoms with E-state index in [0.29, 0.717) is 6.54 Å². The Morgan fingerprint density at radius 1 is 1.28 bits per heavy atom. The molecule has 4 nitrogen and oxygen atoms in total. The Hall–Kier alpha value is -1.39. The molecule has 0 aliphatic rings. The van der Waals surface area contributed by atoms with E-state index in [4.69, 9.17) is 5.73 Å². The van der Waals surface area contributed by atoms with Crippen LogP contribution in [0.1, 0.15) is 19.0 Å². The van der Waals surface area contributed by atoms with Gasteiger partial charge in [-0.25, -0.2) is 0 Å². The molecule has 0 fully saturated rings. The minimum atomic E-state index is 0.699. The van der Waals surface area contributed by atoms with Crippen molar-refractivity contribution in [1.29, 1.82) is 0 Å². The maximum Gasteiger partial charge on any atom is 0.0843 e. The molecule has 1 aromatic carbocycles. The number of nitrogens with zero attached hydrogens (tertiary/aromatic N) is 3. The molecule has 0 unspecified atom stereocenters. The molecule has 2 aromatic rings. The Morgan fingerprint density at radius 2 is 2.06 bits per heavy atom. The van der Waals surface area contributed by atoms with Crippen LogP contribution in [-0.2, 0) is 13.6 Å². The molecular weight excluding hydrogens is 224 g/mol. The molecule has 0 spiro atoms. The molecule has 98 valence electrons. The predicted octanol–water partition coefficient (Wildman–Crippen LogP) is 1.74. The van der Waals surface area contributed by atoms with Crippen molar-refractivity contribution in [1.82, 2.24) is 14.7 Å². The molecular formula is C14H22N4. The highest BCUT2D eigenvalue weighted by atomic mass is 15.3. The average molecular weight is 246 g/mol. The number of fused-ring (bicyclic) bond motifs is 1. The van der Waals surface area contributed by atoms with E-state index in [1.807, 2.05) is 11.7 Å². The third-order valence-electron chi connectivity index (χ3n) is 3.19. The second kappa shape index (κ2) is 5.98. The Kier molecular flexibility index (Phi) is 4.33. The van der Waals surface area contributed by atoms with E-state index < -0.39 is 0 Å². The molecule has 0 aliphatic heterocycles. The lowest BCUT2D eigenvalue weighted by molar-refractivity contribution is 0.270. The van der Waals surface area contributed by atoms with Crippen molar-refractivity contribution in [2.24, 2.45) is 12.8 Å². The van der Waals surface area contributed by atoms with Crippen LogP contribution in [0.3, 0.4) is 0 Å². The van der Waals surface area contributed by atoms with Crippen LogP contribution in [0.5, 0.6) is 0 Å². The van der Waals surface area contributed by atoms with Crippen molar-refractivity contribution in [3.8, 4) is 0 Å². The molecule has 0 aliphatic carbocycles. The predicted molar refractivity (Wildman–Crippen MR) is 75.3 cm³/mol. The third kappa shape index (κ3) is 2.71. The van der Waals surface area contributed by atoms with Crippen LogP contribution in [-0.4, -0.2) is 34.3 Å². The van der Waals surface area contributed by atoms with Gasteiger partial charge in [-0.1, -0.05) is 25.1 Å². The van der Waals surface area contributed by atoms with Crippen molar-refractivity contribution in [3.63, 3.8) is 0 Å². The van der Waals surface area contributed by atoms with Gasteiger partial charge in [0.1, 0.15) is 0 Å². The third-order valence-corrected chi connectivity index (χ3v) is 3.19. The molecule has 0 bridgehead atoms. The van der Waals surface area contributed by atoms with E-state index >= 15 is 0 Å². The first kappa shape index (κ1) is 13.1. The number of rotatable bonds is 6. The van der Waals surface area contributed by atoms with Crippen LogP contribution in [0.2, 0.25) is 0 Å². The van der Waals surface area contributed by atoms with Crippen molar-refractivity contribution >= 4 is 10.9 Å². The van der Waals surface area contributed by atoms with Crippen molar-refractivity contribution < 1.29 is 0 Å². The van der Waals surface area contributed by atoms with Gasteiger partial charge in [0.05, 0.1) is 11.2 Å². The zero-order valence-corrected chi connectivity index (χ0v) is 11.3. The molecule has 0 saturated carbocycles. The Balaban J connectivity index is 2.24. The number of hydrogen-bond donors (Lipinski definition) is 1. The molecule has 1 aromatic heterocycles. The standard InChI is InChI=1S/C14H22N4/c1-3-9-18(10-8-15)11-13-12-6-4-5-7-14(12)17(2)16-13/h4-7H,3,8-11,15H2,1-2H3. The number of aryl methyl sites for hydroxylation is 1. The second-order valence-electron chi connectivity index (χ2n) is 4.65. The molecule has 0 saturated heterocycles. The van der Waals surface area contributed by atoms with Gasteiger partial charge < -0.3 is 5.73 Å². The van der Waals surface area contributed by atoms with Gasteiger partial charge in [-0.2, -0.15) is 5.10 Å². The Morgan fingerprint density at radius 3 is 2.78 bits per heavy atom. The first-order valence-corrected chi connectivity index (χ1v) is 6.59. The smallest absolute Gasteiger partial charge is 0.0843 e. The second-order valence-corrected chi connectivity index (χ2v) is 4.65. The summed E-state index contributed by atoms with van der Waals surface area (Å²) in [6.45, 7) is 5.78. The summed E-state index contributed by atoms with van der Waals surface area (Å²) in [4.78, 5) is 2.37. The van der Waals surface area contributed by atoms with Gasteiger partial charge in [0.2, 0.25) is 0 Å². The molecule has 0 radical (unpaired) electrons.